The lowest BCUT2D eigenvalue weighted by molar-refractivity contribution is 0.581. The largest absolute Gasteiger partial charge is 0.240 e. The second kappa shape index (κ2) is 6.72. The molecule has 0 fully saturated rings. The summed E-state index contributed by atoms with van der Waals surface area (Å²) in [5.74, 6) is 0.530. The Hall–Kier alpha value is -0.880. The first kappa shape index (κ1) is 15.5. The minimum absolute atomic E-state index is 0.282. The van der Waals surface area contributed by atoms with Crippen molar-refractivity contribution in [3.63, 3.8) is 0 Å². The van der Waals surface area contributed by atoms with Crippen LogP contribution in [0.5, 0.6) is 0 Å². The zero-order valence-electron chi connectivity index (χ0n) is 11.1. The van der Waals surface area contributed by atoms with E-state index < -0.39 is 10.0 Å². The van der Waals surface area contributed by atoms with Gasteiger partial charge in [0.05, 0.1) is 4.90 Å². The minimum atomic E-state index is -3.46. The molecule has 0 amide bonds. The molecule has 6 heteroatoms. The molecular formula is C14H16ClNO2S2. The Bertz CT molecular complexity index is 663. The Morgan fingerprint density at radius 1 is 1.20 bits per heavy atom. The topological polar surface area (TPSA) is 46.2 Å². The van der Waals surface area contributed by atoms with Crippen LogP contribution in [0, 0.1) is 6.92 Å². The summed E-state index contributed by atoms with van der Waals surface area (Å²) in [4.78, 5) is 1.32. The number of aryl methyl sites for hydroxylation is 2. The predicted octanol–water partition coefficient (Wildman–Crippen LogP) is 3.32. The van der Waals surface area contributed by atoms with E-state index in [4.69, 9.17) is 11.6 Å². The highest BCUT2D eigenvalue weighted by Crippen LogP contribution is 2.17. The summed E-state index contributed by atoms with van der Waals surface area (Å²) in [6.07, 6.45) is 0.740. The molecule has 1 N–H and O–H groups in total. The van der Waals surface area contributed by atoms with Gasteiger partial charge in [0.25, 0.3) is 0 Å². The second-order valence-corrected chi connectivity index (χ2v) is 7.58. The van der Waals surface area contributed by atoms with Gasteiger partial charge in [0.1, 0.15) is 0 Å². The zero-order valence-corrected chi connectivity index (χ0v) is 13.5. The van der Waals surface area contributed by atoms with Crippen molar-refractivity contribution in [1.29, 1.82) is 0 Å². The van der Waals surface area contributed by atoms with E-state index in [0.717, 1.165) is 22.4 Å². The van der Waals surface area contributed by atoms with Gasteiger partial charge in [-0.25, -0.2) is 13.1 Å². The van der Waals surface area contributed by atoms with Gasteiger partial charge in [0.2, 0.25) is 10.0 Å². The van der Waals surface area contributed by atoms with Crippen LogP contribution in [0.2, 0.25) is 0 Å². The van der Waals surface area contributed by atoms with Crippen LogP contribution in [0.15, 0.2) is 40.6 Å². The molecule has 1 aromatic carbocycles. The van der Waals surface area contributed by atoms with Crippen LogP contribution in [0.3, 0.4) is 0 Å². The summed E-state index contributed by atoms with van der Waals surface area (Å²) in [6.45, 7) is 2.30. The predicted molar refractivity (Wildman–Crippen MR) is 83.9 cm³/mol. The maximum Gasteiger partial charge on any atom is 0.240 e. The summed E-state index contributed by atoms with van der Waals surface area (Å²) >= 11 is 7.21. The van der Waals surface area contributed by atoms with Gasteiger partial charge >= 0.3 is 0 Å². The smallest absolute Gasteiger partial charge is 0.207 e. The normalized spacial score (nSPS) is 11.7. The van der Waals surface area contributed by atoms with Crippen LogP contribution < -0.4 is 4.72 Å². The molecule has 0 atom stereocenters. The lowest BCUT2D eigenvalue weighted by Crippen LogP contribution is -2.23. The molecule has 0 bridgehead atoms. The Morgan fingerprint density at radius 3 is 2.45 bits per heavy atom. The highest BCUT2D eigenvalue weighted by Gasteiger charge is 2.14. The number of alkyl halides is 1. The van der Waals surface area contributed by atoms with Gasteiger partial charge in [-0.15, -0.1) is 22.9 Å². The van der Waals surface area contributed by atoms with Gasteiger partial charge in [-0.05, 0) is 48.1 Å². The number of benzene rings is 1. The number of hydrogen-bond donors (Lipinski definition) is 1. The van der Waals surface area contributed by atoms with Crippen molar-refractivity contribution in [3.05, 3.63) is 51.7 Å². The summed E-state index contributed by atoms with van der Waals surface area (Å²) in [5, 5.41) is 1.96. The first-order valence-electron chi connectivity index (χ1n) is 6.20. The number of hydrogen-bond acceptors (Lipinski definition) is 3. The van der Waals surface area contributed by atoms with Crippen molar-refractivity contribution in [3.8, 4) is 0 Å². The van der Waals surface area contributed by atoms with E-state index in [0.29, 0.717) is 12.4 Å². The van der Waals surface area contributed by atoms with Crippen molar-refractivity contribution in [2.24, 2.45) is 0 Å². The molecule has 20 heavy (non-hydrogen) atoms. The van der Waals surface area contributed by atoms with Crippen LogP contribution in [-0.4, -0.2) is 14.3 Å². The summed E-state index contributed by atoms with van der Waals surface area (Å²) < 4.78 is 27.0. The lowest BCUT2D eigenvalue weighted by atomic mass is 10.2. The quantitative estimate of drug-likeness (QED) is 0.826. The van der Waals surface area contributed by atoms with Crippen molar-refractivity contribution in [2.75, 3.05) is 5.88 Å². The Balaban J connectivity index is 2.08. The molecule has 0 unspecified atom stereocenters. The van der Waals surface area contributed by atoms with Crippen molar-refractivity contribution < 1.29 is 8.42 Å². The molecule has 1 aromatic heterocycles. The number of nitrogens with one attached hydrogen (secondary N) is 1. The van der Waals surface area contributed by atoms with Crippen LogP contribution >= 0.6 is 22.9 Å². The molecule has 0 aliphatic heterocycles. The fraction of sp³-hybridized carbons (Fsp3) is 0.286. The van der Waals surface area contributed by atoms with Crippen LogP contribution in [0.1, 0.15) is 16.0 Å². The minimum Gasteiger partial charge on any atom is -0.207 e. The summed E-state index contributed by atoms with van der Waals surface area (Å²) in [6, 6.07) is 8.81. The average Bonchev–Trinajstić information content (AvgIpc) is 2.83. The maximum absolute atomic E-state index is 12.2. The molecule has 0 spiro atoms. The molecule has 0 radical (unpaired) electrons. The standard InChI is InChI=1S/C14H16ClNO2S2/c1-11-7-9-19-14(11)10-16-20(17,18)13-4-2-12(3-5-13)6-8-15/h2-5,7,9,16H,6,8,10H2,1H3. The monoisotopic (exact) mass is 329 g/mol. The number of halogens is 1. The van der Waals surface area contributed by atoms with E-state index in [1.54, 1.807) is 35.6 Å². The fourth-order valence-electron chi connectivity index (χ4n) is 1.77. The molecule has 2 aromatic rings. The van der Waals surface area contributed by atoms with Crippen LogP contribution in [0.25, 0.3) is 0 Å². The number of sulfonamides is 1. The van der Waals surface area contributed by atoms with E-state index >= 15 is 0 Å². The van der Waals surface area contributed by atoms with Gasteiger partial charge in [-0.1, -0.05) is 12.1 Å². The third kappa shape index (κ3) is 3.82. The Labute approximate surface area is 128 Å². The molecule has 108 valence electrons. The van der Waals surface area contributed by atoms with E-state index in [2.05, 4.69) is 4.72 Å². The van der Waals surface area contributed by atoms with Crippen molar-refractivity contribution in [1.82, 2.24) is 4.72 Å². The third-order valence-corrected chi connectivity index (χ3v) is 5.64. The number of rotatable bonds is 6. The van der Waals surface area contributed by atoms with Crippen LogP contribution in [-0.2, 0) is 23.0 Å². The average molecular weight is 330 g/mol. The fourth-order valence-corrected chi connectivity index (χ4v) is 3.92. The third-order valence-electron chi connectivity index (χ3n) is 3.01. The zero-order chi connectivity index (χ0) is 14.6. The molecule has 0 saturated carbocycles. The summed E-state index contributed by atoms with van der Waals surface area (Å²) in [5.41, 5.74) is 2.14. The molecule has 0 aliphatic carbocycles. The van der Waals surface area contributed by atoms with E-state index in [-0.39, 0.29) is 4.90 Å². The van der Waals surface area contributed by atoms with Gasteiger partial charge in [-0.2, -0.15) is 0 Å². The molecule has 0 aliphatic rings. The maximum atomic E-state index is 12.2. The van der Waals surface area contributed by atoms with Gasteiger partial charge in [-0.3, -0.25) is 0 Å². The lowest BCUT2D eigenvalue weighted by Gasteiger charge is -2.07. The highest BCUT2D eigenvalue weighted by atomic mass is 35.5. The Morgan fingerprint density at radius 2 is 1.90 bits per heavy atom. The number of thiophene rings is 1. The first-order valence-corrected chi connectivity index (χ1v) is 9.10. The van der Waals surface area contributed by atoms with Gasteiger partial charge < -0.3 is 0 Å². The van der Waals surface area contributed by atoms with E-state index in [1.165, 1.54) is 0 Å². The van der Waals surface area contributed by atoms with E-state index in [9.17, 15) is 8.42 Å². The molecular weight excluding hydrogens is 314 g/mol. The SMILES string of the molecule is Cc1ccsc1CNS(=O)(=O)c1ccc(CCCl)cc1. The molecule has 2 rings (SSSR count). The summed E-state index contributed by atoms with van der Waals surface area (Å²) in [7, 11) is -3.46. The molecule has 3 nitrogen and oxygen atoms in total. The first-order chi connectivity index (χ1) is 9.53. The van der Waals surface area contributed by atoms with Gasteiger partial charge in [0.15, 0.2) is 0 Å². The second-order valence-electron chi connectivity index (χ2n) is 4.43. The highest BCUT2D eigenvalue weighted by molar-refractivity contribution is 7.89. The van der Waals surface area contributed by atoms with Gasteiger partial charge in [0, 0.05) is 17.3 Å². The van der Waals surface area contributed by atoms with Crippen LogP contribution in [0.4, 0.5) is 0 Å². The van der Waals surface area contributed by atoms with E-state index in [1.807, 2.05) is 18.4 Å². The molecule has 0 saturated heterocycles. The van der Waals surface area contributed by atoms with Crippen molar-refractivity contribution >= 4 is 33.0 Å². The Kier molecular flexibility index (Phi) is 5.21. The molecule has 1 heterocycles. The van der Waals surface area contributed by atoms with Crippen molar-refractivity contribution in [2.45, 2.75) is 24.8 Å².